The van der Waals surface area contributed by atoms with E-state index < -0.39 is 15.4 Å². The molecule has 1 heterocycles. The summed E-state index contributed by atoms with van der Waals surface area (Å²) in [6, 6.07) is 19.8. The van der Waals surface area contributed by atoms with Gasteiger partial charge in [-0.1, -0.05) is 42.8 Å². The molecule has 0 aliphatic heterocycles. The predicted octanol–water partition coefficient (Wildman–Crippen LogP) is 6.17. The van der Waals surface area contributed by atoms with Crippen molar-refractivity contribution in [2.75, 3.05) is 5.75 Å². The summed E-state index contributed by atoms with van der Waals surface area (Å²) in [5, 5.41) is 0.644. The van der Waals surface area contributed by atoms with Crippen molar-refractivity contribution < 1.29 is 17.9 Å². The molecule has 0 saturated heterocycles. The molecule has 0 radical (unpaired) electrons. The van der Waals surface area contributed by atoms with Crippen LogP contribution in [0.2, 0.25) is 5.02 Å². The summed E-state index contributed by atoms with van der Waals surface area (Å²) in [5.41, 5.74) is 2.82. The zero-order valence-corrected chi connectivity index (χ0v) is 23.1. The van der Waals surface area contributed by atoms with E-state index in [4.69, 9.17) is 21.3 Å². The normalized spacial score (nSPS) is 12.1. The molecule has 0 spiro atoms. The SMILES string of the molecule is CCn1c(C(C)(C)Oc2ccc(CC(=O)Cc3ccc(S(=O)(=O)CC)cc3)cc2)nc2cc(Cl)ccc21. The highest BCUT2D eigenvalue weighted by Crippen LogP contribution is 2.31. The first kappa shape index (κ1) is 26.9. The Hall–Kier alpha value is -3.16. The van der Waals surface area contributed by atoms with Crippen LogP contribution in [-0.4, -0.2) is 29.5 Å². The molecule has 3 aromatic carbocycles. The number of ether oxygens (including phenoxy) is 1. The first-order valence-corrected chi connectivity index (χ1v) is 14.3. The number of rotatable bonds is 10. The van der Waals surface area contributed by atoms with Gasteiger partial charge in [-0.05, 0) is 74.4 Å². The molecule has 37 heavy (non-hydrogen) atoms. The molecule has 4 aromatic rings. The van der Waals surface area contributed by atoms with Gasteiger partial charge in [-0.3, -0.25) is 4.79 Å². The number of ketones is 1. The maximum Gasteiger partial charge on any atom is 0.178 e. The summed E-state index contributed by atoms with van der Waals surface area (Å²) >= 11 is 6.17. The van der Waals surface area contributed by atoms with E-state index in [1.165, 1.54) is 0 Å². The predicted molar refractivity (Wildman–Crippen MR) is 147 cm³/mol. The van der Waals surface area contributed by atoms with Crippen molar-refractivity contribution in [3.8, 4) is 5.75 Å². The van der Waals surface area contributed by atoms with Crippen LogP contribution >= 0.6 is 11.6 Å². The van der Waals surface area contributed by atoms with E-state index in [9.17, 15) is 13.2 Å². The van der Waals surface area contributed by atoms with Crippen molar-refractivity contribution in [2.24, 2.45) is 0 Å². The van der Waals surface area contributed by atoms with Crippen molar-refractivity contribution >= 4 is 38.3 Å². The van der Waals surface area contributed by atoms with Crippen LogP contribution < -0.4 is 4.74 Å². The molecule has 1 aromatic heterocycles. The monoisotopic (exact) mass is 538 g/mol. The van der Waals surface area contributed by atoms with Gasteiger partial charge in [0.1, 0.15) is 11.5 Å². The molecular formula is C29H31ClN2O4S. The Balaban J connectivity index is 1.42. The lowest BCUT2D eigenvalue weighted by molar-refractivity contribution is -0.117. The first-order chi connectivity index (χ1) is 17.5. The second-order valence-electron chi connectivity index (χ2n) is 9.51. The molecule has 0 atom stereocenters. The van der Waals surface area contributed by atoms with Crippen LogP contribution in [0.1, 0.15) is 44.6 Å². The fraction of sp³-hybridized carbons (Fsp3) is 0.310. The van der Waals surface area contributed by atoms with Crippen molar-refractivity contribution in [1.82, 2.24) is 9.55 Å². The number of nitrogens with zero attached hydrogens (tertiary/aromatic N) is 2. The molecule has 0 aliphatic rings. The van der Waals surface area contributed by atoms with Gasteiger partial charge in [0.15, 0.2) is 21.3 Å². The van der Waals surface area contributed by atoms with Gasteiger partial charge < -0.3 is 9.30 Å². The largest absolute Gasteiger partial charge is 0.480 e. The number of aromatic nitrogens is 2. The van der Waals surface area contributed by atoms with Crippen LogP contribution in [0.4, 0.5) is 0 Å². The van der Waals surface area contributed by atoms with Crippen molar-refractivity contribution in [3.05, 3.63) is 88.7 Å². The number of halogens is 1. The summed E-state index contributed by atoms with van der Waals surface area (Å²) in [5.74, 6) is 1.59. The number of hydrogen-bond donors (Lipinski definition) is 0. The average molecular weight is 539 g/mol. The second kappa shape index (κ2) is 10.7. The third-order valence-corrected chi connectivity index (χ3v) is 8.31. The van der Waals surface area contributed by atoms with Crippen LogP contribution in [0, 0.1) is 0 Å². The molecule has 194 valence electrons. The number of aryl methyl sites for hydroxylation is 1. The minimum absolute atomic E-state index is 0.0513. The van der Waals surface area contributed by atoms with Gasteiger partial charge in [0, 0.05) is 24.4 Å². The van der Waals surface area contributed by atoms with E-state index in [2.05, 4.69) is 11.5 Å². The zero-order valence-electron chi connectivity index (χ0n) is 21.5. The van der Waals surface area contributed by atoms with Gasteiger partial charge in [0.2, 0.25) is 0 Å². The number of sulfone groups is 1. The number of benzene rings is 3. The van der Waals surface area contributed by atoms with Crippen LogP contribution in [0.5, 0.6) is 5.75 Å². The number of imidazole rings is 1. The number of hydrogen-bond acceptors (Lipinski definition) is 5. The van der Waals surface area contributed by atoms with Gasteiger partial charge in [-0.2, -0.15) is 0 Å². The maximum absolute atomic E-state index is 12.6. The van der Waals surface area contributed by atoms with Gasteiger partial charge in [-0.25, -0.2) is 13.4 Å². The number of carbonyl (C=O) groups is 1. The zero-order chi connectivity index (χ0) is 26.8. The highest BCUT2D eigenvalue weighted by molar-refractivity contribution is 7.91. The molecular weight excluding hydrogens is 508 g/mol. The second-order valence-corrected chi connectivity index (χ2v) is 12.2. The Labute approximate surface area is 223 Å². The minimum Gasteiger partial charge on any atom is -0.480 e. The van der Waals surface area contributed by atoms with E-state index in [0.29, 0.717) is 10.8 Å². The molecule has 4 rings (SSSR count). The Kier molecular flexibility index (Phi) is 7.76. The first-order valence-electron chi connectivity index (χ1n) is 12.3. The van der Waals surface area contributed by atoms with Gasteiger partial charge >= 0.3 is 0 Å². The maximum atomic E-state index is 12.6. The fourth-order valence-electron chi connectivity index (χ4n) is 4.40. The van der Waals surface area contributed by atoms with E-state index >= 15 is 0 Å². The summed E-state index contributed by atoms with van der Waals surface area (Å²) in [7, 11) is -3.25. The van der Waals surface area contributed by atoms with E-state index in [-0.39, 0.29) is 29.3 Å². The number of Topliss-reactive ketones (excluding diaryl/α,β-unsaturated/α-hetero) is 1. The van der Waals surface area contributed by atoms with Crippen molar-refractivity contribution in [2.45, 2.75) is 57.6 Å². The molecule has 0 N–H and O–H groups in total. The summed E-state index contributed by atoms with van der Waals surface area (Å²) in [6.07, 6.45) is 0.528. The number of fused-ring (bicyclic) bond motifs is 1. The third-order valence-electron chi connectivity index (χ3n) is 6.33. The van der Waals surface area contributed by atoms with Crippen molar-refractivity contribution in [3.63, 3.8) is 0 Å². The lowest BCUT2D eigenvalue weighted by atomic mass is 10.0. The molecule has 8 heteroatoms. The molecule has 0 unspecified atom stereocenters. The average Bonchev–Trinajstić information content (AvgIpc) is 3.24. The summed E-state index contributed by atoms with van der Waals surface area (Å²) < 4.78 is 32.4. The quantitative estimate of drug-likeness (QED) is 0.241. The molecule has 0 aliphatic carbocycles. The highest BCUT2D eigenvalue weighted by Gasteiger charge is 2.29. The highest BCUT2D eigenvalue weighted by atomic mass is 35.5. The smallest absolute Gasteiger partial charge is 0.178 e. The Morgan fingerprint density at radius 2 is 1.54 bits per heavy atom. The van der Waals surface area contributed by atoms with E-state index in [0.717, 1.165) is 34.5 Å². The van der Waals surface area contributed by atoms with Crippen molar-refractivity contribution in [1.29, 1.82) is 0 Å². The van der Waals surface area contributed by atoms with Gasteiger partial charge in [0.05, 0.1) is 21.7 Å². The van der Waals surface area contributed by atoms with Crippen LogP contribution in [0.15, 0.2) is 71.6 Å². The molecule has 6 nitrogen and oxygen atoms in total. The lowest BCUT2D eigenvalue weighted by Gasteiger charge is -2.26. The number of carbonyl (C=O) groups excluding carboxylic acids is 1. The van der Waals surface area contributed by atoms with Crippen LogP contribution in [0.25, 0.3) is 11.0 Å². The Morgan fingerprint density at radius 3 is 2.11 bits per heavy atom. The third kappa shape index (κ3) is 6.05. The van der Waals surface area contributed by atoms with Gasteiger partial charge in [-0.15, -0.1) is 0 Å². The lowest BCUT2D eigenvalue weighted by Crippen LogP contribution is -2.29. The molecule has 0 bridgehead atoms. The standard InChI is InChI=1S/C29H31ClN2O4S/c1-5-32-27-16-11-22(30)19-26(27)31-28(32)29(3,4)36-24-12-7-20(8-13-24)17-23(33)18-21-9-14-25(15-10-21)37(34,35)6-2/h7-16,19H,5-6,17-18H2,1-4H3. The molecule has 0 saturated carbocycles. The van der Waals surface area contributed by atoms with E-state index in [1.54, 1.807) is 31.2 Å². The summed E-state index contributed by atoms with van der Waals surface area (Å²) in [6.45, 7) is 8.40. The Bertz CT molecular complexity index is 1520. The summed E-state index contributed by atoms with van der Waals surface area (Å²) in [4.78, 5) is 17.7. The van der Waals surface area contributed by atoms with Crippen LogP contribution in [-0.2, 0) is 39.6 Å². The Morgan fingerprint density at radius 1 is 0.946 bits per heavy atom. The molecule has 0 amide bonds. The minimum atomic E-state index is -3.25. The topological polar surface area (TPSA) is 78.3 Å². The molecule has 0 fully saturated rings. The van der Waals surface area contributed by atoms with Crippen LogP contribution in [0.3, 0.4) is 0 Å². The fourth-order valence-corrected chi connectivity index (χ4v) is 5.45. The van der Waals surface area contributed by atoms with Gasteiger partial charge in [0.25, 0.3) is 0 Å². The van der Waals surface area contributed by atoms with E-state index in [1.807, 2.05) is 56.3 Å².